The van der Waals surface area contributed by atoms with Crippen LogP contribution < -0.4 is 0 Å². The third-order valence-electron chi connectivity index (χ3n) is 4.24. The Morgan fingerprint density at radius 3 is 2.64 bits per heavy atom. The lowest BCUT2D eigenvalue weighted by Crippen LogP contribution is -2.36. The fourth-order valence-corrected chi connectivity index (χ4v) is 3.50. The molecule has 0 aromatic heterocycles. The summed E-state index contributed by atoms with van der Waals surface area (Å²) in [4.78, 5) is 2.84. The van der Waals surface area contributed by atoms with Crippen LogP contribution in [0.25, 0.3) is 0 Å². The number of hydrogen-bond donors (Lipinski definition) is 0. The van der Waals surface area contributed by atoms with E-state index in [0.29, 0.717) is 0 Å². The fourth-order valence-electron chi connectivity index (χ4n) is 3.50. The highest BCUT2D eigenvalue weighted by Crippen LogP contribution is 2.38. The first-order chi connectivity index (χ1) is 6.83. The molecule has 0 N–H and O–H groups in total. The van der Waals surface area contributed by atoms with Crippen molar-refractivity contribution in [1.82, 2.24) is 4.90 Å². The molecule has 2 fully saturated rings. The normalized spacial score (nSPS) is 37.7. The van der Waals surface area contributed by atoms with Gasteiger partial charge in [-0.2, -0.15) is 0 Å². The van der Waals surface area contributed by atoms with Gasteiger partial charge in [0.05, 0.1) is 0 Å². The van der Waals surface area contributed by atoms with Crippen LogP contribution in [-0.2, 0) is 0 Å². The van der Waals surface area contributed by atoms with Crippen molar-refractivity contribution in [3.05, 3.63) is 0 Å². The van der Waals surface area contributed by atoms with E-state index in [0.717, 1.165) is 18.1 Å². The zero-order valence-corrected chi connectivity index (χ0v) is 9.84. The van der Waals surface area contributed by atoms with Crippen LogP contribution in [0.4, 0.5) is 0 Å². The minimum Gasteiger partial charge on any atom is -0.295 e. The van der Waals surface area contributed by atoms with Crippen molar-refractivity contribution in [2.45, 2.75) is 83.3 Å². The molecule has 0 radical (unpaired) electrons. The summed E-state index contributed by atoms with van der Waals surface area (Å²) in [6.07, 6.45) is 11.6. The van der Waals surface area contributed by atoms with Crippen molar-refractivity contribution in [3.63, 3.8) is 0 Å². The SMILES string of the molecule is CCCCC[C@@H]1CC[C@H]2CC[C@H](C)N12. The van der Waals surface area contributed by atoms with Gasteiger partial charge in [0.15, 0.2) is 0 Å². The predicted octanol–water partition coefficient (Wildman–Crippen LogP) is 3.58. The van der Waals surface area contributed by atoms with E-state index in [9.17, 15) is 0 Å². The summed E-state index contributed by atoms with van der Waals surface area (Å²) in [6, 6.07) is 2.80. The Kier molecular flexibility index (Phi) is 3.48. The molecule has 0 bridgehead atoms. The highest BCUT2D eigenvalue weighted by atomic mass is 15.3. The molecule has 82 valence electrons. The van der Waals surface area contributed by atoms with E-state index in [4.69, 9.17) is 0 Å². The topological polar surface area (TPSA) is 3.24 Å². The first-order valence-electron chi connectivity index (χ1n) is 6.60. The lowest BCUT2D eigenvalue weighted by Gasteiger charge is -2.28. The number of nitrogens with zero attached hydrogens (tertiary/aromatic N) is 1. The maximum atomic E-state index is 2.84. The van der Waals surface area contributed by atoms with Crippen molar-refractivity contribution in [3.8, 4) is 0 Å². The van der Waals surface area contributed by atoms with Gasteiger partial charge in [-0.3, -0.25) is 4.90 Å². The highest BCUT2D eigenvalue weighted by molar-refractivity contribution is 4.95. The molecule has 2 heterocycles. The Morgan fingerprint density at radius 1 is 1.07 bits per heavy atom. The average Bonchev–Trinajstić information content (AvgIpc) is 2.72. The number of unbranched alkanes of at least 4 members (excludes halogenated alkanes) is 2. The molecule has 0 aromatic rings. The summed E-state index contributed by atoms with van der Waals surface area (Å²) in [7, 11) is 0. The number of hydrogen-bond acceptors (Lipinski definition) is 1. The van der Waals surface area contributed by atoms with E-state index in [1.807, 2.05) is 0 Å². The maximum absolute atomic E-state index is 2.84. The largest absolute Gasteiger partial charge is 0.295 e. The van der Waals surface area contributed by atoms with Crippen LogP contribution >= 0.6 is 0 Å². The van der Waals surface area contributed by atoms with Crippen molar-refractivity contribution < 1.29 is 0 Å². The van der Waals surface area contributed by atoms with Crippen LogP contribution in [0.15, 0.2) is 0 Å². The second-order valence-electron chi connectivity index (χ2n) is 5.25. The first-order valence-corrected chi connectivity index (χ1v) is 6.60. The molecular weight excluding hydrogens is 170 g/mol. The van der Waals surface area contributed by atoms with Crippen molar-refractivity contribution >= 4 is 0 Å². The molecule has 1 nitrogen and oxygen atoms in total. The van der Waals surface area contributed by atoms with Crippen molar-refractivity contribution in [2.75, 3.05) is 0 Å². The Hall–Kier alpha value is -0.0400. The smallest absolute Gasteiger partial charge is 0.0102 e. The first kappa shape index (κ1) is 10.5. The molecule has 3 atom stereocenters. The molecule has 0 aliphatic carbocycles. The minimum absolute atomic E-state index is 0.883. The van der Waals surface area contributed by atoms with Gasteiger partial charge in [0.2, 0.25) is 0 Å². The van der Waals surface area contributed by atoms with E-state index in [1.54, 1.807) is 0 Å². The van der Waals surface area contributed by atoms with Gasteiger partial charge < -0.3 is 0 Å². The molecule has 0 aromatic carbocycles. The molecule has 2 saturated heterocycles. The lowest BCUT2D eigenvalue weighted by atomic mass is 10.0. The molecule has 0 unspecified atom stereocenters. The Balaban J connectivity index is 1.81. The van der Waals surface area contributed by atoms with Gasteiger partial charge in [-0.1, -0.05) is 26.2 Å². The molecule has 2 rings (SSSR count). The number of fused-ring (bicyclic) bond motifs is 1. The molecule has 0 amide bonds. The van der Waals surface area contributed by atoms with Crippen LogP contribution in [0.3, 0.4) is 0 Å². The molecule has 2 aliphatic rings. The van der Waals surface area contributed by atoms with Crippen LogP contribution in [0.2, 0.25) is 0 Å². The summed E-state index contributed by atoms with van der Waals surface area (Å²) in [6.45, 7) is 4.73. The van der Waals surface area contributed by atoms with Crippen LogP contribution in [0.1, 0.15) is 65.2 Å². The predicted molar refractivity (Wildman–Crippen MR) is 61.5 cm³/mol. The van der Waals surface area contributed by atoms with E-state index in [1.165, 1.54) is 51.4 Å². The van der Waals surface area contributed by atoms with E-state index in [-0.39, 0.29) is 0 Å². The van der Waals surface area contributed by atoms with Crippen LogP contribution in [-0.4, -0.2) is 23.0 Å². The van der Waals surface area contributed by atoms with Gasteiger partial charge in [-0.05, 0) is 39.0 Å². The Morgan fingerprint density at radius 2 is 1.86 bits per heavy atom. The summed E-state index contributed by atoms with van der Waals surface area (Å²) in [5.41, 5.74) is 0. The summed E-state index contributed by atoms with van der Waals surface area (Å²) in [5.74, 6) is 0. The Bertz CT molecular complexity index is 178. The van der Waals surface area contributed by atoms with Gasteiger partial charge in [-0.25, -0.2) is 0 Å². The third kappa shape index (κ3) is 1.98. The van der Waals surface area contributed by atoms with Gasteiger partial charge in [0, 0.05) is 18.1 Å². The Labute approximate surface area is 88.9 Å². The standard InChI is InChI=1S/C13H25N/c1-3-4-5-6-12-9-10-13-8-7-11(2)14(12)13/h11-13H,3-10H2,1-2H3/t11-,12+,13+/m0/s1. The quantitative estimate of drug-likeness (QED) is 0.620. The number of rotatable bonds is 4. The molecule has 1 heteroatoms. The van der Waals surface area contributed by atoms with E-state index < -0.39 is 0 Å². The van der Waals surface area contributed by atoms with Crippen molar-refractivity contribution in [2.24, 2.45) is 0 Å². The molecule has 14 heavy (non-hydrogen) atoms. The zero-order valence-electron chi connectivity index (χ0n) is 9.84. The average molecular weight is 195 g/mol. The zero-order chi connectivity index (χ0) is 9.97. The summed E-state index contributed by atoms with van der Waals surface area (Å²) >= 11 is 0. The summed E-state index contributed by atoms with van der Waals surface area (Å²) in [5, 5.41) is 0. The van der Waals surface area contributed by atoms with Crippen LogP contribution in [0.5, 0.6) is 0 Å². The third-order valence-corrected chi connectivity index (χ3v) is 4.24. The van der Waals surface area contributed by atoms with Gasteiger partial charge in [0.1, 0.15) is 0 Å². The molecular formula is C13H25N. The lowest BCUT2D eigenvalue weighted by molar-refractivity contribution is 0.181. The van der Waals surface area contributed by atoms with Gasteiger partial charge in [0.25, 0.3) is 0 Å². The monoisotopic (exact) mass is 195 g/mol. The second kappa shape index (κ2) is 4.65. The maximum Gasteiger partial charge on any atom is 0.0102 e. The van der Waals surface area contributed by atoms with E-state index >= 15 is 0 Å². The van der Waals surface area contributed by atoms with Crippen molar-refractivity contribution in [1.29, 1.82) is 0 Å². The summed E-state index contributed by atoms with van der Waals surface area (Å²) < 4.78 is 0. The van der Waals surface area contributed by atoms with Gasteiger partial charge >= 0.3 is 0 Å². The van der Waals surface area contributed by atoms with E-state index in [2.05, 4.69) is 18.7 Å². The highest BCUT2D eigenvalue weighted by Gasteiger charge is 2.39. The molecule has 0 saturated carbocycles. The van der Waals surface area contributed by atoms with Gasteiger partial charge in [-0.15, -0.1) is 0 Å². The molecule has 2 aliphatic heterocycles. The van der Waals surface area contributed by atoms with Crippen LogP contribution in [0, 0.1) is 0 Å². The second-order valence-corrected chi connectivity index (χ2v) is 5.25. The fraction of sp³-hybridized carbons (Fsp3) is 1.00. The molecule has 0 spiro atoms. The minimum atomic E-state index is 0.883.